The molecule has 0 heterocycles. The summed E-state index contributed by atoms with van der Waals surface area (Å²) in [4.78, 5) is 0. The Morgan fingerprint density at radius 1 is 0.650 bits per heavy atom. The maximum Gasteiger partial charge on any atom is 0.0574 e. The van der Waals surface area contributed by atoms with Crippen molar-refractivity contribution in [2.75, 3.05) is 0 Å². The van der Waals surface area contributed by atoms with E-state index >= 15 is 0 Å². The summed E-state index contributed by atoms with van der Waals surface area (Å²) in [5.41, 5.74) is 0.819. The predicted octanol–water partition coefficient (Wildman–Crippen LogP) is 4.74. The normalized spacial score (nSPS) is 48.5. The van der Waals surface area contributed by atoms with E-state index in [0.717, 1.165) is 36.0 Å². The Morgan fingerprint density at radius 3 is 1.65 bits per heavy atom. The number of fused-ring (bicyclic) bond motifs is 5. The molecule has 0 aliphatic heterocycles. The highest BCUT2D eigenvalue weighted by molar-refractivity contribution is 5.06. The van der Waals surface area contributed by atoms with Crippen molar-refractivity contribution in [1.29, 1.82) is 0 Å². The average Bonchev–Trinajstić information content (AvgIpc) is 2.82. The predicted molar refractivity (Wildman–Crippen MR) is 84.3 cm³/mol. The van der Waals surface area contributed by atoms with Gasteiger partial charge in [-0.2, -0.15) is 0 Å². The Labute approximate surface area is 125 Å². The number of aliphatic hydroxyl groups excluding tert-OH is 1. The number of hydrogen-bond acceptors (Lipinski definition) is 1. The maximum atomic E-state index is 10.3. The van der Waals surface area contributed by atoms with E-state index in [2.05, 4.69) is 41.5 Å². The summed E-state index contributed by atoms with van der Waals surface area (Å²) >= 11 is 0. The molecule has 1 N–H and O–H groups in total. The fourth-order valence-corrected chi connectivity index (χ4v) is 6.11. The van der Waals surface area contributed by atoms with Crippen LogP contribution in [0.4, 0.5) is 0 Å². The molecule has 0 saturated heterocycles. The highest BCUT2D eigenvalue weighted by Gasteiger charge is 2.57. The highest BCUT2D eigenvalue weighted by Crippen LogP contribution is 2.63. The molecule has 3 fully saturated rings. The van der Waals surface area contributed by atoms with Crippen molar-refractivity contribution < 1.29 is 5.11 Å². The third-order valence-corrected chi connectivity index (χ3v) is 7.08. The van der Waals surface area contributed by atoms with Gasteiger partial charge in [-0.1, -0.05) is 41.5 Å². The molecule has 0 aromatic carbocycles. The van der Waals surface area contributed by atoms with Crippen molar-refractivity contribution in [3.8, 4) is 0 Å². The molecule has 116 valence electrons. The SMILES string of the molecule is CC(C)(C)C1CC2C3CC(O)C(C3)C2CC1C(C)(C)C. The van der Waals surface area contributed by atoms with E-state index < -0.39 is 0 Å². The monoisotopic (exact) mass is 278 g/mol. The molecule has 1 nitrogen and oxygen atoms in total. The smallest absolute Gasteiger partial charge is 0.0574 e. The van der Waals surface area contributed by atoms with Crippen molar-refractivity contribution in [3.05, 3.63) is 0 Å². The number of rotatable bonds is 0. The standard InChI is InChI=1S/C19H34O/c1-18(2,3)15-9-12-11-7-14(17(20)8-11)13(12)10-16(15)19(4,5)6/h11-17,20H,7-10H2,1-6H3. The van der Waals surface area contributed by atoms with Crippen LogP contribution in [0.15, 0.2) is 0 Å². The van der Waals surface area contributed by atoms with E-state index in [1.165, 1.54) is 19.3 Å². The van der Waals surface area contributed by atoms with E-state index in [-0.39, 0.29) is 6.10 Å². The van der Waals surface area contributed by atoms with Gasteiger partial charge in [0.1, 0.15) is 0 Å². The van der Waals surface area contributed by atoms with Gasteiger partial charge in [-0.15, -0.1) is 0 Å². The van der Waals surface area contributed by atoms with E-state index in [9.17, 15) is 5.11 Å². The Bertz CT molecular complexity index is 372. The summed E-state index contributed by atoms with van der Waals surface area (Å²) in [6.45, 7) is 14.6. The molecule has 7 atom stereocenters. The van der Waals surface area contributed by atoms with Crippen LogP contribution in [-0.4, -0.2) is 11.2 Å². The third kappa shape index (κ3) is 2.25. The van der Waals surface area contributed by atoms with Crippen molar-refractivity contribution in [2.45, 2.75) is 73.3 Å². The minimum atomic E-state index is 0.0213. The molecular formula is C19H34O. The zero-order chi connectivity index (χ0) is 14.9. The van der Waals surface area contributed by atoms with Gasteiger partial charge < -0.3 is 5.11 Å². The Balaban J connectivity index is 1.87. The van der Waals surface area contributed by atoms with Gasteiger partial charge in [-0.3, -0.25) is 0 Å². The van der Waals surface area contributed by atoms with E-state index in [0.29, 0.717) is 16.7 Å². The summed E-state index contributed by atoms with van der Waals surface area (Å²) in [7, 11) is 0. The van der Waals surface area contributed by atoms with Crippen LogP contribution in [0.1, 0.15) is 67.2 Å². The molecule has 20 heavy (non-hydrogen) atoms. The van der Waals surface area contributed by atoms with E-state index in [4.69, 9.17) is 0 Å². The van der Waals surface area contributed by atoms with Crippen molar-refractivity contribution in [2.24, 2.45) is 46.3 Å². The zero-order valence-corrected chi connectivity index (χ0v) is 14.3. The molecule has 2 bridgehead atoms. The quantitative estimate of drug-likeness (QED) is 0.678. The molecule has 7 unspecified atom stereocenters. The lowest BCUT2D eigenvalue weighted by Gasteiger charge is -2.53. The van der Waals surface area contributed by atoms with Gasteiger partial charge in [0.05, 0.1) is 6.10 Å². The first-order chi connectivity index (χ1) is 9.09. The van der Waals surface area contributed by atoms with Gasteiger partial charge >= 0.3 is 0 Å². The van der Waals surface area contributed by atoms with Crippen molar-refractivity contribution in [3.63, 3.8) is 0 Å². The minimum Gasteiger partial charge on any atom is -0.393 e. The molecule has 3 aliphatic carbocycles. The van der Waals surface area contributed by atoms with Crippen LogP contribution in [-0.2, 0) is 0 Å². The number of hydrogen-bond donors (Lipinski definition) is 1. The van der Waals surface area contributed by atoms with Gasteiger partial charge in [0, 0.05) is 0 Å². The van der Waals surface area contributed by atoms with Gasteiger partial charge in [-0.25, -0.2) is 0 Å². The highest BCUT2D eigenvalue weighted by atomic mass is 16.3. The van der Waals surface area contributed by atoms with Gasteiger partial charge in [0.15, 0.2) is 0 Å². The lowest BCUT2D eigenvalue weighted by Crippen LogP contribution is -2.46. The van der Waals surface area contributed by atoms with Crippen LogP contribution in [0.3, 0.4) is 0 Å². The summed E-state index contributed by atoms with van der Waals surface area (Å²) in [5, 5.41) is 10.3. The Hall–Kier alpha value is -0.0400. The summed E-state index contributed by atoms with van der Waals surface area (Å²) in [6, 6.07) is 0. The first kappa shape index (κ1) is 14.9. The fourth-order valence-electron chi connectivity index (χ4n) is 6.11. The van der Waals surface area contributed by atoms with Crippen LogP contribution in [0.25, 0.3) is 0 Å². The molecular weight excluding hydrogens is 244 g/mol. The largest absolute Gasteiger partial charge is 0.393 e. The van der Waals surface area contributed by atoms with Crippen LogP contribution < -0.4 is 0 Å². The lowest BCUT2D eigenvalue weighted by molar-refractivity contribution is -0.0576. The fraction of sp³-hybridized carbons (Fsp3) is 1.00. The van der Waals surface area contributed by atoms with Crippen molar-refractivity contribution in [1.82, 2.24) is 0 Å². The molecule has 0 radical (unpaired) electrons. The van der Waals surface area contributed by atoms with Gasteiger partial charge in [0.2, 0.25) is 0 Å². The first-order valence-electron chi connectivity index (χ1n) is 8.77. The summed E-state index contributed by atoms with van der Waals surface area (Å²) < 4.78 is 0. The van der Waals surface area contributed by atoms with Crippen molar-refractivity contribution >= 4 is 0 Å². The lowest BCUT2D eigenvalue weighted by atomic mass is 9.52. The molecule has 1 heteroatoms. The first-order valence-corrected chi connectivity index (χ1v) is 8.77. The summed E-state index contributed by atoms with van der Waals surface area (Å²) in [5.74, 6) is 4.88. The second kappa shape index (κ2) is 4.48. The van der Waals surface area contributed by atoms with Crippen LogP contribution >= 0.6 is 0 Å². The topological polar surface area (TPSA) is 20.2 Å². The molecule has 0 spiro atoms. The Morgan fingerprint density at radius 2 is 1.15 bits per heavy atom. The second-order valence-corrected chi connectivity index (χ2v) is 10.2. The summed E-state index contributed by atoms with van der Waals surface area (Å²) in [6.07, 6.45) is 5.24. The van der Waals surface area contributed by atoms with Gasteiger partial charge in [0.25, 0.3) is 0 Å². The minimum absolute atomic E-state index is 0.0213. The molecule has 0 aromatic rings. The number of aliphatic hydroxyl groups is 1. The molecule has 3 rings (SSSR count). The molecule has 0 amide bonds. The van der Waals surface area contributed by atoms with Gasteiger partial charge in [-0.05, 0) is 72.0 Å². The molecule has 3 aliphatic rings. The molecule has 3 saturated carbocycles. The van der Waals surface area contributed by atoms with Crippen LogP contribution in [0.5, 0.6) is 0 Å². The average molecular weight is 278 g/mol. The molecule has 0 aromatic heterocycles. The maximum absolute atomic E-state index is 10.3. The van der Waals surface area contributed by atoms with Crippen LogP contribution in [0.2, 0.25) is 0 Å². The van der Waals surface area contributed by atoms with E-state index in [1.54, 1.807) is 0 Å². The zero-order valence-electron chi connectivity index (χ0n) is 14.3. The second-order valence-electron chi connectivity index (χ2n) is 10.2. The third-order valence-electron chi connectivity index (χ3n) is 7.08. The Kier molecular flexibility index (Phi) is 3.33. The van der Waals surface area contributed by atoms with Crippen LogP contribution in [0, 0.1) is 46.3 Å². The van der Waals surface area contributed by atoms with E-state index in [1.807, 2.05) is 0 Å².